The average molecular weight is 345 g/mol. The van der Waals surface area contributed by atoms with Gasteiger partial charge in [0.1, 0.15) is 0 Å². The molecule has 8 heteroatoms. The van der Waals surface area contributed by atoms with Crippen LogP contribution in [0.25, 0.3) is 0 Å². The number of aryl methyl sites for hydroxylation is 1. The Kier molecular flexibility index (Phi) is 6.10. The lowest BCUT2D eigenvalue weighted by molar-refractivity contribution is -0.116. The molecule has 25 heavy (non-hydrogen) atoms. The summed E-state index contributed by atoms with van der Waals surface area (Å²) in [5, 5.41) is 15.8. The highest BCUT2D eigenvalue weighted by atomic mass is 16.4. The molecule has 0 spiro atoms. The molecule has 134 valence electrons. The molecule has 2 rings (SSSR count). The van der Waals surface area contributed by atoms with Gasteiger partial charge in [0.15, 0.2) is 0 Å². The average Bonchev–Trinajstić information content (AvgIpc) is 2.94. The first-order valence-electron chi connectivity index (χ1n) is 8.08. The lowest BCUT2D eigenvalue weighted by Crippen LogP contribution is -2.28. The molecule has 0 atom stereocenters. The summed E-state index contributed by atoms with van der Waals surface area (Å²) in [6.45, 7) is 7.62. The molecule has 0 saturated carbocycles. The summed E-state index contributed by atoms with van der Waals surface area (Å²) >= 11 is 0. The number of nitrogens with one attached hydrogen (secondary N) is 3. The Hall–Kier alpha value is -2.90. The molecule has 0 bridgehead atoms. The minimum atomic E-state index is -0.399. The topological polar surface area (TPSA) is 109 Å². The van der Waals surface area contributed by atoms with Crippen LogP contribution in [-0.2, 0) is 11.3 Å². The van der Waals surface area contributed by atoms with Gasteiger partial charge in [0.25, 0.3) is 0 Å². The fourth-order valence-electron chi connectivity index (χ4n) is 2.21. The highest BCUT2D eigenvalue weighted by molar-refractivity contribution is 5.95. The van der Waals surface area contributed by atoms with Gasteiger partial charge in [-0.05, 0) is 30.5 Å². The van der Waals surface area contributed by atoms with Crippen molar-refractivity contribution < 1.29 is 14.0 Å². The van der Waals surface area contributed by atoms with Gasteiger partial charge in [-0.2, -0.15) is 0 Å². The predicted octanol–water partition coefficient (Wildman–Crippen LogP) is 2.99. The van der Waals surface area contributed by atoms with Crippen molar-refractivity contribution in [2.45, 2.75) is 40.7 Å². The van der Waals surface area contributed by atoms with E-state index in [1.807, 2.05) is 20.8 Å². The fourth-order valence-corrected chi connectivity index (χ4v) is 2.21. The van der Waals surface area contributed by atoms with Gasteiger partial charge >= 0.3 is 6.03 Å². The zero-order valence-electron chi connectivity index (χ0n) is 14.8. The number of hydrogen-bond donors (Lipinski definition) is 3. The van der Waals surface area contributed by atoms with E-state index in [1.165, 1.54) is 0 Å². The maximum atomic E-state index is 12.0. The van der Waals surface area contributed by atoms with Crippen LogP contribution in [0.1, 0.15) is 37.6 Å². The number of rotatable bonds is 6. The quantitative estimate of drug-likeness (QED) is 0.745. The van der Waals surface area contributed by atoms with Gasteiger partial charge in [0.2, 0.25) is 17.7 Å². The highest BCUT2D eigenvalue weighted by Gasteiger charge is 2.11. The number of benzene rings is 1. The van der Waals surface area contributed by atoms with E-state index in [4.69, 9.17) is 4.42 Å². The van der Waals surface area contributed by atoms with Crippen molar-refractivity contribution in [3.8, 4) is 0 Å². The number of aromatic nitrogens is 2. The highest BCUT2D eigenvalue weighted by Crippen LogP contribution is 2.23. The molecule has 3 N–H and O–H groups in total. The van der Waals surface area contributed by atoms with Crippen LogP contribution in [0.5, 0.6) is 0 Å². The SMILES string of the molecule is Cc1nnc(CNC(=O)Nc2cccc(NC(=O)CC(C)C)c2C)o1. The lowest BCUT2D eigenvalue weighted by atomic mass is 10.1. The minimum absolute atomic E-state index is 0.0496. The fraction of sp³-hybridized carbons (Fsp3) is 0.412. The Labute approximate surface area is 146 Å². The first-order chi connectivity index (χ1) is 11.8. The third-order valence-corrected chi connectivity index (χ3v) is 3.42. The minimum Gasteiger partial charge on any atom is -0.424 e. The molecule has 0 aliphatic rings. The Morgan fingerprint density at radius 2 is 1.80 bits per heavy atom. The maximum Gasteiger partial charge on any atom is 0.319 e. The Morgan fingerprint density at radius 3 is 2.40 bits per heavy atom. The molecule has 0 fully saturated rings. The van der Waals surface area contributed by atoms with Crippen molar-refractivity contribution in [1.82, 2.24) is 15.5 Å². The normalized spacial score (nSPS) is 10.6. The van der Waals surface area contributed by atoms with Crippen LogP contribution in [0, 0.1) is 19.8 Å². The third kappa shape index (κ3) is 5.59. The van der Waals surface area contributed by atoms with Crippen LogP contribution >= 0.6 is 0 Å². The van der Waals surface area contributed by atoms with E-state index < -0.39 is 6.03 Å². The van der Waals surface area contributed by atoms with E-state index in [1.54, 1.807) is 25.1 Å². The standard InChI is InChI=1S/C17H23N5O3/c1-10(2)8-15(23)19-13-6-5-7-14(11(13)3)20-17(24)18-9-16-22-21-12(4)25-16/h5-7,10H,8-9H2,1-4H3,(H,19,23)(H2,18,20,24). The number of urea groups is 1. The van der Waals surface area contributed by atoms with E-state index in [9.17, 15) is 9.59 Å². The van der Waals surface area contributed by atoms with Gasteiger partial charge in [-0.3, -0.25) is 4.79 Å². The lowest BCUT2D eigenvalue weighted by Gasteiger charge is -2.14. The van der Waals surface area contributed by atoms with E-state index in [0.29, 0.717) is 29.6 Å². The summed E-state index contributed by atoms with van der Waals surface area (Å²) in [5.41, 5.74) is 2.07. The summed E-state index contributed by atoms with van der Waals surface area (Å²) in [7, 11) is 0. The molecule has 3 amide bonds. The second-order valence-electron chi connectivity index (χ2n) is 6.15. The number of amides is 3. The summed E-state index contributed by atoms with van der Waals surface area (Å²) in [6.07, 6.45) is 0.446. The molecule has 0 aliphatic heterocycles. The van der Waals surface area contributed by atoms with E-state index in [0.717, 1.165) is 5.56 Å². The number of carbonyl (C=O) groups is 2. The summed E-state index contributed by atoms with van der Waals surface area (Å²) in [6, 6.07) is 4.95. The van der Waals surface area contributed by atoms with E-state index in [2.05, 4.69) is 26.1 Å². The van der Waals surface area contributed by atoms with Gasteiger partial charge in [0, 0.05) is 24.7 Å². The molecule has 0 unspecified atom stereocenters. The van der Waals surface area contributed by atoms with E-state index >= 15 is 0 Å². The molecule has 0 radical (unpaired) electrons. The van der Waals surface area contributed by atoms with Gasteiger partial charge in [-0.1, -0.05) is 19.9 Å². The van der Waals surface area contributed by atoms with Gasteiger partial charge in [-0.15, -0.1) is 10.2 Å². The van der Waals surface area contributed by atoms with Crippen molar-refractivity contribution in [2.24, 2.45) is 5.92 Å². The molecule has 1 aromatic carbocycles. The van der Waals surface area contributed by atoms with Crippen LogP contribution < -0.4 is 16.0 Å². The second-order valence-corrected chi connectivity index (χ2v) is 6.15. The van der Waals surface area contributed by atoms with Crippen molar-refractivity contribution >= 4 is 23.3 Å². The number of nitrogens with zero attached hydrogens (tertiary/aromatic N) is 2. The molecule has 0 saturated heterocycles. The van der Waals surface area contributed by atoms with Crippen LogP contribution in [-0.4, -0.2) is 22.1 Å². The van der Waals surface area contributed by atoms with Crippen molar-refractivity contribution in [3.63, 3.8) is 0 Å². The maximum absolute atomic E-state index is 12.0. The predicted molar refractivity (Wildman–Crippen MR) is 94.2 cm³/mol. The van der Waals surface area contributed by atoms with Gasteiger partial charge in [0.05, 0.1) is 6.54 Å². The van der Waals surface area contributed by atoms with Gasteiger partial charge in [-0.25, -0.2) is 4.79 Å². The number of anilines is 2. The van der Waals surface area contributed by atoms with Crippen molar-refractivity contribution in [3.05, 3.63) is 35.5 Å². The first-order valence-corrected chi connectivity index (χ1v) is 8.08. The van der Waals surface area contributed by atoms with Crippen LogP contribution in [0.2, 0.25) is 0 Å². The summed E-state index contributed by atoms with van der Waals surface area (Å²) < 4.78 is 5.19. The Bertz CT molecular complexity index is 754. The van der Waals surface area contributed by atoms with Crippen molar-refractivity contribution in [2.75, 3.05) is 10.6 Å². The Morgan fingerprint density at radius 1 is 1.12 bits per heavy atom. The zero-order valence-corrected chi connectivity index (χ0v) is 14.8. The van der Waals surface area contributed by atoms with Crippen LogP contribution in [0.4, 0.5) is 16.2 Å². The molecule has 1 aromatic heterocycles. The first kappa shape index (κ1) is 18.4. The second kappa shape index (κ2) is 8.27. The van der Waals surface area contributed by atoms with Crippen molar-refractivity contribution in [1.29, 1.82) is 0 Å². The third-order valence-electron chi connectivity index (χ3n) is 3.42. The smallest absolute Gasteiger partial charge is 0.319 e. The molecular formula is C17H23N5O3. The van der Waals surface area contributed by atoms with E-state index in [-0.39, 0.29) is 18.4 Å². The van der Waals surface area contributed by atoms with Crippen LogP contribution in [0.15, 0.2) is 22.6 Å². The monoisotopic (exact) mass is 345 g/mol. The molecule has 8 nitrogen and oxygen atoms in total. The van der Waals surface area contributed by atoms with Crippen LogP contribution in [0.3, 0.4) is 0 Å². The Balaban J connectivity index is 1.96. The number of hydrogen-bond acceptors (Lipinski definition) is 5. The summed E-state index contributed by atoms with van der Waals surface area (Å²) in [5.74, 6) is 1.00. The number of carbonyl (C=O) groups excluding carboxylic acids is 2. The molecule has 0 aliphatic carbocycles. The largest absolute Gasteiger partial charge is 0.424 e. The molecule has 1 heterocycles. The summed E-state index contributed by atoms with van der Waals surface area (Å²) in [4.78, 5) is 24.0. The molecular weight excluding hydrogens is 322 g/mol. The van der Waals surface area contributed by atoms with Gasteiger partial charge < -0.3 is 20.4 Å². The molecule has 2 aromatic rings. The zero-order chi connectivity index (χ0) is 18.4.